The van der Waals surface area contributed by atoms with Gasteiger partial charge in [0.05, 0.1) is 11.3 Å². The van der Waals surface area contributed by atoms with E-state index in [1.807, 2.05) is 6.92 Å². The van der Waals surface area contributed by atoms with E-state index in [0.717, 1.165) is 6.42 Å². The molecule has 2 rings (SSSR count). The maximum atomic E-state index is 11.3. The fraction of sp³-hybridized carbons (Fsp3) is 0.385. The lowest BCUT2D eigenvalue weighted by atomic mass is 10.0. The zero-order valence-electron chi connectivity index (χ0n) is 9.93. The van der Waals surface area contributed by atoms with Crippen LogP contribution in [0.3, 0.4) is 0 Å². The van der Waals surface area contributed by atoms with Gasteiger partial charge in [-0.1, -0.05) is 18.5 Å². The largest absolute Gasteiger partial charge is 0.480 e. The molecule has 0 amide bonds. The van der Waals surface area contributed by atoms with E-state index in [1.165, 1.54) is 0 Å². The Morgan fingerprint density at radius 3 is 2.94 bits per heavy atom. The van der Waals surface area contributed by atoms with Crippen LogP contribution in [0, 0.1) is 17.2 Å². The van der Waals surface area contributed by atoms with Gasteiger partial charge in [0.1, 0.15) is 12.1 Å². The van der Waals surface area contributed by atoms with Crippen LogP contribution in [-0.2, 0) is 4.79 Å². The summed E-state index contributed by atoms with van der Waals surface area (Å²) in [5.74, 6) is -0.774. The van der Waals surface area contributed by atoms with Gasteiger partial charge < -0.3 is 10.0 Å². The molecule has 0 radical (unpaired) electrons. The van der Waals surface area contributed by atoms with Crippen molar-refractivity contribution in [2.75, 3.05) is 11.4 Å². The van der Waals surface area contributed by atoms with Crippen molar-refractivity contribution in [2.24, 2.45) is 5.92 Å². The van der Waals surface area contributed by atoms with Crippen molar-refractivity contribution in [1.29, 1.82) is 5.26 Å². The molecule has 5 heteroatoms. The SMILES string of the molecule is CC1CCN(c2ccc(Cl)cc2C#N)C1C(=O)O. The number of hydrogen-bond acceptors (Lipinski definition) is 3. The number of rotatable bonds is 2. The Morgan fingerprint density at radius 2 is 2.33 bits per heavy atom. The van der Waals surface area contributed by atoms with Gasteiger partial charge in [0.25, 0.3) is 0 Å². The van der Waals surface area contributed by atoms with E-state index < -0.39 is 12.0 Å². The molecule has 0 aromatic heterocycles. The number of halogens is 1. The smallest absolute Gasteiger partial charge is 0.326 e. The number of carbonyl (C=O) groups is 1. The molecule has 1 fully saturated rings. The molecule has 18 heavy (non-hydrogen) atoms. The van der Waals surface area contributed by atoms with Crippen molar-refractivity contribution in [2.45, 2.75) is 19.4 Å². The number of benzene rings is 1. The van der Waals surface area contributed by atoms with Crippen LogP contribution >= 0.6 is 11.6 Å². The van der Waals surface area contributed by atoms with Crippen LogP contribution in [0.4, 0.5) is 5.69 Å². The molecular formula is C13H13ClN2O2. The average molecular weight is 265 g/mol. The second-order valence-corrected chi connectivity index (χ2v) is 4.95. The highest BCUT2D eigenvalue weighted by molar-refractivity contribution is 6.30. The molecule has 1 heterocycles. The van der Waals surface area contributed by atoms with E-state index in [0.29, 0.717) is 22.8 Å². The van der Waals surface area contributed by atoms with Gasteiger partial charge in [-0.25, -0.2) is 4.79 Å². The topological polar surface area (TPSA) is 64.3 Å². The maximum absolute atomic E-state index is 11.3. The minimum Gasteiger partial charge on any atom is -0.480 e. The summed E-state index contributed by atoms with van der Waals surface area (Å²) in [6.45, 7) is 2.56. The zero-order chi connectivity index (χ0) is 13.3. The Kier molecular flexibility index (Phi) is 3.44. The molecule has 0 saturated carbocycles. The Labute approximate surface area is 110 Å². The molecule has 0 spiro atoms. The van der Waals surface area contributed by atoms with E-state index in [2.05, 4.69) is 6.07 Å². The molecule has 4 nitrogen and oxygen atoms in total. The summed E-state index contributed by atoms with van der Waals surface area (Å²) in [6, 6.07) is 6.46. The number of anilines is 1. The lowest BCUT2D eigenvalue weighted by molar-refractivity contribution is -0.139. The van der Waals surface area contributed by atoms with Crippen molar-refractivity contribution in [3.8, 4) is 6.07 Å². The van der Waals surface area contributed by atoms with Gasteiger partial charge in [-0.2, -0.15) is 5.26 Å². The number of carboxylic acids is 1. The number of aliphatic carboxylic acids is 1. The molecule has 1 aliphatic heterocycles. The van der Waals surface area contributed by atoms with Gasteiger partial charge in [-0.05, 0) is 30.5 Å². The van der Waals surface area contributed by atoms with E-state index in [4.69, 9.17) is 16.9 Å². The van der Waals surface area contributed by atoms with Crippen molar-refractivity contribution in [3.63, 3.8) is 0 Å². The average Bonchev–Trinajstić information content (AvgIpc) is 2.70. The van der Waals surface area contributed by atoms with Gasteiger partial charge in [-0.15, -0.1) is 0 Å². The van der Waals surface area contributed by atoms with E-state index in [-0.39, 0.29) is 5.92 Å². The zero-order valence-corrected chi connectivity index (χ0v) is 10.7. The highest BCUT2D eigenvalue weighted by Gasteiger charge is 2.37. The number of hydrogen-bond donors (Lipinski definition) is 1. The van der Waals surface area contributed by atoms with Crippen LogP contribution in [0.5, 0.6) is 0 Å². The van der Waals surface area contributed by atoms with Gasteiger partial charge in [0, 0.05) is 11.6 Å². The van der Waals surface area contributed by atoms with Gasteiger partial charge in [-0.3, -0.25) is 0 Å². The van der Waals surface area contributed by atoms with Crippen LogP contribution in [-0.4, -0.2) is 23.7 Å². The molecule has 2 atom stereocenters. The molecule has 2 unspecified atom stereocenters. The van der Waals surface area contributed by atoms with Gasteiger partial charge >= 0.3 is 5.97 Å². The second-order valence-electron chi connectivity index (χ2n) is 4.52. The molecule has 1 N–H and O–H groups in total. The van der Waals surface area contributed by atoms with E-state index >= 15 is 0 Å². The minimum absolute atomic E-state index is 0.0738. The third-order valence-corrected chi connectivity index (χ3v) is 3.58. The highest BCUT2D eigenvalue weighted by atomic mass is 35.5. The van der Waals surface area contributed by atoms with Crippen LogP contribution in [0.1, 0.15) is 18.9 Å². The van der Waals surface area contributed by atoms with Crippen molar-refractivity contribution in [3.05, 3.63) is 28.8 Å². The minimum atomic E-state index is -0.848. The molecule has 1 saturated heterocycles. The van der Waals surface area contributed by atoms with E-state index in [1.54, 1.807) is 23.1 Å². The number of carboxylic acid groups (broad SMARTS) is 1. The summed E-state index contributed by atoms with van der Waals surface area (Å²) in [6.07, 6.45) is 0.810. The van der Waals surface area contributed by atoms with Crippen molar-refractivity contribution in [1.82, 2.24) is 0 Å². The fourth-order valence-electron chi connectivity index (χ4n) is 2.44. The quantitative estimate of drug-likeness (QED) is 0.891. The summed E-state index contributed by atoms with van der Waals surface area (Å²) >= 11 is 5.84. The predicted molar refractivity (Wildman–Crippen MR) is 68.7 cm³/mol. The summed E-state index contributed by atoms with van der Waals surface area (Å²) in [5.41, 5.74) is 1.07. The standard InChI is InChI=1S/C13H13ClN2O2/c1-8-4-5-16(12(8)13(17)18)11-3-2-10(14)6-9(11)7-15/h2-3,6,8,12H,4-5H2,1H3,(H,17,18). The summed E-state index contributed by atoms with van der Waals surface area (Å²) in [4.78, 5) is 13.1. The summed E-state index contributed by atoms with van der Waals surface area (Å²) in [7, 11) is 0. The van der Waals surface area contributed by atoms with Crippen LogP contribution in [0.25, 0.3) is 0 Å². The first-order valence-electron chi connectivity index (χ1n) is 5.73. The molecule has 1 aromatic carbocycles. The number of nitrogens with zero attached hydrogens (tertiary/aromatic N) is 2. The Hall–Kier alpha value is -1.73. The Bertz CT molecular complexity index is 524. The molecule has 1 aliphatic rings. The monoisotopic (exact) mass is 264 g/mol. The third kappa shape index (κ3) is 2.14. The first-order chi connectivity index (χ1) is 8.54. The Morgan fingerprint density at radius 1 is 1.61 bits per heavy atom. The molecule has 0 bridgehead atoms. The summed E-state index contributed by atoms with van der Waals surface area (Å²) < 4.78 is 0. The lowest BCUT2D eigenvalue weighted by Gasteiger charge is -2.26. The third-order valence-electron chi connectivity index (χ3n) is 3.34. The lowest BCUT2D eigenvalue weighted by Crippen LogP contribution is -2.39. The van der Waals surface area contributed by atoms with Crippen molar-refractivity contribution >= 4 is 23.3 Å². The van der Waals surface area contributed by atoms with Crippen LogP contribution < -0.4 is 4.90 Å². The van der Waals surface area contributed by atoms with Crippen LogP contribution in [0.2, 0.25) is 5.02 Å². The fourth-order valence-corrected chi connectivity index (χ4v) is 2.61. The second kappa shape index (κ2) is 4.87. The molecule has 1 aromatic rings. The first-order valence-corrected chi connectivity index (χ1v) is 6.11. The van der Waals surface area contributed by atoms with E-state index in [9.17, 15) is 9.90 Å². The van der Waals surface area contributed by atoms with Gasteiger partial charge in [0.2, 0.25) is 0 Å². The predicted octanol–water partition coefficient (Wildman–Crippen LogP) is 2.51. The Balaban J connectivity index is 2.43. The highest BCUT2D eigenvalue weighted by Crippen LogP contribution is 2.33. The number of nitriles is 1. The molecular weight excluding hydrogens is 252 g/mol. The van der Waals surface area contributed by atoms with Crippen molar-refractivity contribution < 1.29 is 9.90 Å². The molecule has 94 valence electrons. The normalized spacial score (nSPS) is 22.8. The first kappa shape index (κ1) is 12.7. The van der Waals surface area contributed by atoms with Gasteiger partial charge in [0.15, 0.2) is 0 Å². The molecule has 0 aliphatic carbocycles. The van der Waals surface area contributed by atoms with Crippen LogP contribution in [0.15, 0.2) is 18.2 Å². The summed E-state index contributed by atoms with van der Waals surface area (Å²) in [5, 5.41) is 18.9. The maximum Gasteiger partial charge on any atom is 0.326 e.